The van der Waals surface area contributed by atoms with Crippen molar-refractivity contribution in [1.29, 1.82) is 0 Å². The number of hydrogen-bond acceptors (Lipinski definition) is 3. The van der Waals surface area contributed by atoms with E-state index in [1.54, 1.807) is 12.0 Å². The highest BCUT2D eigenvalue weighted by atomic mass is 79.9. The summed E-state index contributed by atoms with van der Waals surface area (Å²) in [5.41, 5.74) is 3.63. The standard InChI is InChI=1S/C17H17BrN2O2/c1-19(2)15-7-5-13(9-16(15)22-3)20-10-11-8-12(18)4-6-14(11)17(20)21/h4-9H,10H2,1-3H3. The number of amides is 1. The first kappa shape index (κ1) is 14.9. The zero-order valence-electron chi connectivity index (χ0n) is 12.8. The summed E-state index contributed by atoms with van der Waals surface area (Å²) in [5.74, 6) is 0.787. The number of fused-ring (bicyclic) bond motifs is 1. The van der Waals surface area contributed by atoms with Crippen LogP contribution in [-0.4, -0.2) is 27.1 Å². The molecule has 0 fully saturated rings. The molecule has 0 atom stereocenters. The van der Waals surface area contributed by atoms with Gasteiger partial charge >= 0.3 is 0 Å². The first-order valence-electron chi connectivity index (χ1n) is 6.97. The third kappa shape index (κ3) is 2.46. The number of ether oxygens (including phenoxy) is 1. The smallest absolute Gasteiger partial charge is 0.258 e. The first-order chi connectivity index (χ1) is 10.5. The van der Waals surface area contributed by atoms with Crippen LogP contribution in [0.1, 0.15) is 15.9 Å². The number of anilines is 2. The summed E-state index contributed by atoms with van der Waals surface area (Å²) in [6, 6.07) is 11.6. The van der Waals surface area contributed by atoms with Crippen LogP contribution in [0.5, 0.6) is 5.75 Å². The van der Waals surface area contributed by atoms with Gasteiger partial charge in [-0.05, 0) is 35.9 Å². The molecule has 1 amide bonds. The van der Waals surface area contributed by atoms with Crippen molar-refractivity contribution < 1.29 is 9.53 Å². The molecule has 1 heterocycles. The van der Waals surface area contributed by atoms with Crippen molar-refractivity contribution in [2.24, 2.45) is 0 Å². The van der Waals surface area contributed by atoms with Crippen molar-refractivity contribution in [2.45, 2.75) is 6.54 Å². The van der Waals surface area contributed by atoms with Crippen LogP contribution in [0.2, 0.25) is 0 Å². The lowest BCUT2D eigenvalue weighted by molar-refractivity contribution is 0.0996. The van der Waals surface area contributed by atoms with Gasteiger partial charge in [-0.15, -0.1) is 0 Å². The molecule has 3 rings (SSSR count). The van der Waals surface area contributed by atoms with E-state index in [1.165, 1.54) is 0 Å². The molecule has 0 aromatic heterocycles. The minimum atomic E-state index is 0.0298. The SMILES string of the molecule is COc1cc(N2Cc3cc(Br)ccc3C2=O)ccc1N(C)C. The number of benzene rings is 2. The molecule has 0 unspecified atom stereocenters. The Morgan fingerprint density at radius 2 is 1.95 bits per heavy atom. The Morgan fingerprint density at radius 1 is 1.18 bits per heavy atom. The molecule has 2 aromatic rings. The molecule has 0 spiro atoms. The average molecular weight is 361 g/mol. The predicted octanol–water partition coefficient (Wildman–Crippen LogP) is 3.68. The van der Waals surface area contributed by atoms with Crippen molar-refractivity contribution in [3.63, 3.8) is 0 Å². The van der Waals surface area contributed by atoms with Gasteiger partial charge in [0.25, 0.3) is 5.91 Å². The molecule has 0 saturated heterocycles. The van der Waals surface area contributed by atoms with Crippen LogP contribution in [0.25, 0.3) is 0 Å². The van der Waals surface area contributed by atoms with Crippen LogP contribution >= 0.6 is 15.9 Å². The number of halogens is 1. The minimum absolute atomic E-state index is 0.0298. The van der Waals surface area contributed by atoms with Crippen LogP contribution in [0.15, 0.2) is 40.9 Å². The summed E-state index contributed by atoms with van der Waals surface area (Å²) in [6.45, 7) is 0.581. The quantitative estimate of drug-likeness (QED) is 0.836. The van der Waals surface area contributed by atoms with Gasteiger partial charge in [0.05, 0.1) is 19.3 Å². The van der Waals surface area contributed by atoms with E-state index < -0.39 is 0 Å². The molecular formula is C17H17BrN2O2. The van der Waals surface area contributed by atoms with Crippen LogP contribution < -0.4 is 14.5 Å². The van der Waals surface area contributed by atoms with E-state index >= 15 is 0 Å². The van der Waals surface area contributed by atoms with E-state index in [2.05, 4.69) is 15.9 Å². The molecule has 114 valence electrons. The van der Waals surface area contributed by atoms with E-state index in [0.717, 1.165) is 32.7 Å². The Morgan fingerprint density at radius 3 is 2.64 bits per heavy atom. The summed E-state index contributed by atoms with van der Waals surface area (Å²) in [4.78, 5) is 16.3. The largest absolute Gasteiger partial charge is 0.495 e. The zero-order chi connectivity index (χ0) is 15.9. The maximum absolute atomic E-state index is 12.6. The highest BCUT2D eigenvalue weighted by molar-refractivity contribution is 9.10. The molecule has 5 heteroatoms. The van der Waals surface area contributed by atoms with Crippen molar-refractivity contribution in [2.75, 3.05) is 31.0 Å². The highest BCUT2D eigenvalue weighted by Gasteiger charge is 2.29. The minimum Gasteiger partial charge on any atom is -0.495 e. The van der Waals surface area contributed by atoms with Gasteiger partial charge in [0, 0.05) is 35.9 Å². The predicted molar refractivity (Wildman–Crippen MR) is 92.0 cm³/mol. The van der Waals surface area contributed by atoms with E-state index in [0.29, 0.717) is 6.54 Å². The van der Waals surface area contributed by atoms with Gasteiger partial charge in [-0.1, -0.05) is 15.9 Å². The van der Waals surface area contributed by atoms with Gasteiger partial charge in [-0.3, -0.25) is 4.79 Å². The average Bonchev–Trinajstić information content (AvgIpc) is 2.82. The normalized spacial score (nSPS) is 13.3. The molecule has 1 aliphatic heterocycles. The number of carbonyl (C=O) groups is 1. The number of methoxy groups -OCH3 is 1. The van der Waals surface area contributed by atoms with Crippen LogP contribution in [0, 0.1) is 0 Å². The van der Waals surface area contributed by atoms with Crippen LogP contribution in [-0.2, 0) is 6.54 Å². The fourth-order valence-corrected chi connectivity index (χ4v) is 3.11. The Bertz CT molecular complexity index is 743. The Balaban J connectivity index is 1.98. The Labute approximate surface area is 138 Å². The molecule has 0 radical (unpaired) electrons. The monoisotopic (exact) mass is 360 g/mol. The van der Waals surface area contributed by atoms with E-state index in [1.807, 2.05) is 55.4 Å². The molecular weight excluding hydrogens is 344 g/mol. The van der Waals surface area contributed by atoms with E-state index in [4.69, 9.17) is 4.74 Å². The van der Waals surface area contributed by atoms with Gasteiger partial charge in [0.1, 0.15) is 5.75 Å². The number of carbonyl (C=O) groups excluding carboxylic acids is 1. The maximum Gasteiger partial charge on any atom is 0.258 e. The first-order valence-corrected chi connectivity index (χ1v) is 7.76. The fraction of sp³-hybridized carbons (Fsp3) is 0.235. The summed E-state index contributed by atoms with van der Waals surface area (Å²) in [5, 5.41) is 0. The lowest BCUT2D eigenvalue weighted by atomic mass is 10.1. The number of rotatable bonds is 3. The second-order valence-electron chi connectivity index (χ2n) is 5.44. The number of hydrogen-bond donors (Lipinski definition) is 0. The van der Waals surface area contributed by atoms with Gasteiger partial charge in [0.15, 0.2) is 0 Å². The highest BCUT2D eigenvalue weighted by Crippen LogP contribution is 2.35. The lowest BCUT2D eigenvalue weighted by Gasteiger charge is -2.21. The van der Waals surface area contributed by atoms with Crippen LogP contribution in [0.3, 0.4) is 0 Å². The zero-order valence-corrected chi connectivity index (χ0v) is 14.3. The Kier molecular flexibility index (Phi) is 3.83. The second-order valence-corrected chi connectivity index (χ2v) is 6.36. The van der Waals surface area contributed by atoms with Gasteiger partial charge in [0.2, 0.25) is 0 Å². The molecule has 0 N–H and O–H groups in total. The number of nitrogens with zero attached hydrogens (tertiary/aromatic N) is 2. The summed E-state index contributed by atoms with van der Waals surface area (Å²) in [7, 11) is 5.57. The van der Waals surface area contributed by atoms with Gasteiger partial charge < -0.3 is 14.5 Å². The fourth-order valence-electron chi connectivity index (χ4n) is 2.70. The van der Waals surface area contributed by atoms with Crippen molar-refractivity contribution in [3.8, 4) is 5.75 Å². The molecule has 2 aromatic carbocycles. The van der Waals surface area contributed by atoms with Crippen molar-refractivity contribution in [3.05, 3.63) is 52.0 Å². The summed E-state index contributed by atoms with van der Waals surface area (Å²) >= 11 is 3.45. The van der Waals surface area contributed by atoms with Crippen LogP contribution in [0.4, 0.5) is 11.4 Å². The van der Waals surface area contributed by atoms with E-state index in [-0.39, 0.29) is 5.91 Å². The second kappa shape index (κ2) is 5.65. The topological polar surface area (TPSA) is 32.8 Å². The van der Waals surface area contributed by atoms with Gasteiger partial charge in [-0.25, -0.2) is 0 Å². The molecule has 0 aliphatic carbocycles. The third-order valence-corrected chi connectivity index (χ3v) is 4.32. The molecule has 4 nitrogen and oxygen atoms in total. The van der Waals surface area contributed by atoms with E-state index in [9.17, 15) is 4.79 Å². The maximum atomic E-state index is 12.6. The molecule has 0 saturated carbocycles. The summed E-state index contributed by atoms with van der Waals surface area (Å²) in [6.07, 6.45) is 0. The molecule has 0 bridgehead atoms. The third-order valence-electron chi connectivity index (χ3n) is 3.83. The lowest BCUT2D eigenvalue weighted by Crippen LogP contribution is -2.23. The summed E-state index contributed by atoms with van der Waals surface area (Å²) < 4.78 is 6.44. The van der Waals surface area contributed by atoms with Crippen molar-refractivity contribution >= 4 is 33.2 Å². The van der Waals surface area contributed by atoms with Crippen molar-refractivity contribution in [1.82, 2.24) is 0 Å². The van der Waals surface area contributed by atoms with Gasteiger partial charge in [-0.2, -0.15) is 0 Å². The Hall–Kier alpha value is -2.01. The molecule has 1 aliphatic rings. The molecule has 22 heavy (non-hydrogen) atoms.